The van der Waals surface area contributed by atoms with Crippen molar-refractivity contribution in [1.82, 2.24) is 5.32 Å². The third-order valence-corrected chi connectivity index (χ3v) is 4.28. The van der Waals surface area contributed by atoms with E-state index >= 15 is 0 Å². The van der Waals surface area contributed by atoms with Crippen LogP contribution in [0, 0.1) is 5.92 Å². The Morgan fingerprint density at radius 2 is 2.05 bits per heavy atom. The second-order valence-corrected chi connectivity index (χ2v) is 5.96. The van der Waals surface area contributed by atoms with Gasteiger partial charge in [0.15, 0.2) is 0 Å². The maximum atomic E-state index is 10.0. The summed E-state index contributed by atoms with van der Waals surface area (Å²) in [4.78, 5) is 0. The molecule has 0 spiro atoms. The van der Waals surface area contributed by atoms with Gasteiger partial charge in [-0.1, -0.05) is 43.7 Å². The van der Waals surface area contributed by atoms with E-state index in [1.807, 2.05) is 25.1 Å². The van der Waals surface area contributed by atoms with Crippen LogP contribution in [0.3, 0.4) is 0 Å². The summed E-state index contributed by atoms with van der Waals surface area (Å²) in [6, 6.07) is 10.7. The fourth-order valence-corrected chi connectivity index (χ4v) is 2.87. The molecule has 4 unspecified atom stereocenters. The molecule has 112 valence electrons. The van der Waals surface area contributed by atoms with Gasteiger partial charge in [-0.05, 0) is 31.2 Å². The first-order chi connectivity index (χ1) is 9.66. The van der Waals surface area contributed by atoms with Crippen LogP contribution in [0.4, 0.5) is 0 Å². The van der Waals surface area contributed by atoms with Crippen molar-refractivity contribution in [1.29, 1.82) is 0 Å². The number of benzene rings is 1. The van der Waals surface area contributed by atoms with Crippen LogP contribution in [-0.4, -0.2) is 30.4 Å². The number of aliphatic hydroxyl groups is 1. The van der Waals surface area contributed by atoms with E-state index in [0.29, 0.717) is 19.2 Å². The lowest BCUT2D eigenvalue weighted by Gasteiger charge is -2.21. The highest BCUT2D eigenvalue weighted by atomic mass is 16.5. The normalized spacial score (nSPS) is 25.6. The topological polar surface area (TPSA) is 41.5 Å². The molecule has 2 rings (SSSR count). The number of hydrogen-bond acceptors (Lipinski definition) is 3. The molecule has 1 saturated carbocycles. The Balaban J connectivity index is 1.66. The number of ether oxygens (including phenoxy) is 1. The zero-order valence-electron chi connectivity index (χ0n) is 12.6. The standard InChI is InChI=1S/C17H27NO2/c1-13-7-6-10-17(13)18-11-16(19)12-20-14(2)15-8-4-3-5-9-15/h3-5,8-9,13-14,16-19H,6-7,10-12H2,1-2H3. The second-order valence-electron chi connectivity index (χ2n) is 5.96. The summed E-state index contributed by atoms with van der Waals surface area (Å²) in [5.74, 6) is 0.728. The van der Waals surface area contributed by atoms with E-state index < -0.39 is 6.10 Å². The SMILES string of the molecule is CC(OCC(O)CNC1CCCC1C)c1ccccc1. The van der Waals surface area contributed by atoms with E-state index in [2.05, 4.69) is 24.4 Å². The molecule has 0 bridgehead atoms. The minimum absolute atomic E-state index is 0.0243. The second kappa shape index (κ2) is 7.77. The van der Waals surface area contributed by atoms with E-state index in [1.54, 1.807) is 0 Å². The Labute approximate surface area is 122 Å². The molecule has 20 heavy (non-hydrogen) atoms. The molecule has 0 aliphatic heterocycles. The highest BCUT2D eigenvalue weighted by molar-refractivity contribution is 5.16. The summed E-state index contributed by atoms with van der Waals surface area (Å²) in [7, 11) is 0. The van der Waals surface area contributed by atoms with E-state index in [-0.39, 0.29) is 6.10 Å². The number of nitrogens with one attached hydrogen (secondary N) is 1. The molecule has 0 aromatic heterocycles. The lowest BCUT2D eigenvalue weighted by molar-refractivity contribution is -0.00320. The van der Waals surface area contributed by atoms with Crippen molar-refractivity contribution in [2.24, 2.45) is 5.92 Å². The third kappa shape index (κ3) is 4.58. The maximum Gasteiger partial charge on any atom is 0.0898 e. The van der Waals surface area contributed by atoms with Crippen molar-refractivity contribution >= 4 is 0 Å². The molecule has 0 saturated heterocycles. The van der Waals surface area contributed by atoms with Crippen LogP contribution in [0.5, 0.6) is 0 Å². The predicted molar refractivity (Wildman–Crippen MR) is 81.6 cm³/mol. The average molecular weight is 277 g/mol. The molecule has 0 radical (unpaired) electrons. The number of hydrogen-bond donors (Lipinski definition) is 2. The Bertz CT molecular complexity index is 382. The van der Waals surface area contributed by atoms with Gasteiger partial charge in [0.2, 0.25) is 0 Å². The van der Waals surface area contributed by atoms with Gasteiger partial charge in [0, 0.05) is 12.6 Å². The molecular formula is C17H27NO2. The highest BCUT2D eigenvalue weighted by Gasteiger charge is 2.23. The van der Waals surface area contributed by atoms with Gasteiger partial charge < -0.3 is 15.2 Å². The van der Waals surface area contributed by atoms with Crippen LogP contribution in [0.2, 0.25) is 0 Å². The quantitative estimate of drug-likeness (QED) is 0.805. The molecule has 4 atom stereocenters. The molecule has 1 aliphatic rings. The summed E-state index contributed by atoms with van der Waals surface area (Å²) in [6.45, 7) is 5.31. The monoisotopic (exact) mass is 277 g/mol. The van der Waals surface area contributed by atoms with Crippen LogP contribution < -0.4 is 5.32 Å². The first-order valence-corrected chi connectivity index (χ1v) is 7.75. The molecule has 0 amide bonds. The Morgan fingerprint density at radius 3 is 2.70 bits per heavy atom. The van der Waals surface area contributed by atoms with Crippen molar-refractivity contribution in [2.45, 2.75) is 51.4 Å². The lowest BCUT2D eigenvalue weighted by Crippen LogP contribution is -2.38. The van der Waals surface area contributed by atoms with Crippen LogP contribution in [-0.2, 0) is 4.74 Å². The molecule has 0 heterocycles. The third-order valence-electron chi connectivity index (χ3n) is 4.28. The summed E-state index contributed by atoms with van der Waals surface area (Å²) < 4.78 is 5.74. The molecule has 2 N–H and O–H groups in total. The van der Waals surface area contributed by atoms with Gasteiger partial charge in [-0.25, -0.2) is 0 Å². The first kappa shape index (κ1) is 15.5. The fourth-order valence-electron chi connectivity index (χ4n) is 2.87. The van der Waals surface area contributed by atoms with Gasteiger partial charge in [0.1, 0.15) is 0 Å². The summed E-state index contributed by atoms with van der Waals surface area (Å²) >= 11 is 0. The van der Waals surface area contributed by atoms with Crippen molar-refractivity contribution < 1.29 is 9.84 Å². The summed E-state index contributed by atoms with van der Waals surface area (Å²) in [6.07, 6.45) is 3.42. The molecule has 3 heteroatoms. The predicted octanol–water partition coefficient (Wildman–Crippen LogP) is 2.90. The molecule has 1 fully saturated rings. The molecule has 1 aromatic carbocycles. The Kier molecular flexibility index (Phi) is 6.02. The van der Waals surface area contributed by atoms with Gasteiger partial charge in [-0.3, -0.25) is 0 Å². The van der Waals surface area contributed by atoms with E-state index in [4.69, 9.17) is 4.74 Å². The zero-order chi connectivity index (χ0) is 14.4. The Hall–Kier alpha value is -0.900. The van der Waals surface area contributed by atoms with Crippen LogP contribution in [0.15, 0.2) is 30.3 Å². The largest absolute Gasteiger partial charge is 0.389 e. The van der Waals surface area contributed by atoms with Gasteiger partial charge in [0.25, 0.3) is 0 Å². The van der Waals surface area contributed by atoms with Crippen LogP contribution in [0.1, 0.15) is 44.8 Å². The average Bonchev–Trinajstić information content (AvgIpc) is 2.89. The molecular weight excluding hydrogens is 250 g/mol. The van der Waals surface area contributed by atoms with Crippen LogP contribution >= 0.6 is 0 Å². The van der Waals surface area contributed by atoms with Crippen molar-refractivity contribution in [3.8, 4) is 0 Å². The molecule has 3 nitrogen and oxygen atoms in total. The van der Waals surface area contributed by atoms with Gasteiger partial charge in [-0.15, -0.1) is 0 Å². The van der Waals surface area contributed by atoms with Gasteiger partial charge in [-0.2, -0.15) is 0 Å². The van der Waals surface area contributed by atoms with Gasteiger partial charge >= 0.3 is 0 Å². The maximum absolute atomic E-state index is 10.0. The van der Waals surface area contributed by atoms with Crippen LogP contribution in [0.25, 0.3) is 0 Å². The summed E-state index contributed by atoms with van der Waals surface area (Å²) in [5, 5.41) is 13.5. The minimum atomic E-state index is -0.436. The molecule has 1 aliphatic carbocycles. The minimum Gasteiger partial charge on any atom is -0.389 e. The Morgan fingerprint density at radius 1 is 1.30 bits per heavy atom. The van der Waals surface area contributed by atoms with E-state index in [0.717, 1.165) is 11.5 Å². The fraction of sp³-hybridized carbons (Fsp3) is 0.647. The summed E-state index contributed by atoms with van der Waals surface area (Å²) in [5.41, 5.74) is 1.15. The smallest absolute Gasteiger partial charge is 0.0898 e. The molecule has 1 aromatic rings. The van der Waals surface area contributed by atoms with Crippen molar-refractivity contribution in [2.75, 3.05) is 13.2 Å². The van der Waals surface area contributed by atoms with E-state index in [1.165, 1.54) is 19.3 Å². The van der Waals surface area contributed by atoms with Gasteiger partial charge in [0.05, 0.1) is 18.8 Å². The zero-order valence-corrected chi connectivity index (χ0v) is 12.6. The highest BCUT2D eigenvalue weighted by Crippen LogP contribution is 2.24. The number of aliphatic hydroxyl groups excluding tert-OH is 1. The van der Waals surface area contributed by atoms with Crippen molar-refractivity contribution in [3.05, 3.63) is 35.9 Å². The van der Waals surface area contributed by atoms with Crippen molar-refractivity contribution in [3.63, 3.8) is 0 Å². The number of rotatable bonds is 7. The van der Waals surface area contributed by atoms with E-state index in [9.17, 15) is 5.11 Å². The lowest BCUT2D eigenvalue weighted by atomic mass is 10.1. The first-order valence-electron chi connectivity index (χ1n) is 7.75.